The highest BCUT2D eigenvalue weighted by molar-refractivity contribution is 5.86. The van der Waals surface area contributed by atoms with Crippen molar-refractivity contribution in [3.05, 3.63) is 0 Å². The molecule has 0 radical (unpaired) electrons. The number of ether oxygens (including phenoxy) is 2. The van der Waals surface area contributed by atoms with Gasteiger partial charge in [-0.25, -0.2) is 0 Å². The summed E-state index contributed by atoms with van der Waals surface area (Å²) < 4.78 is 47.5. The van der Waals surface area contributed by atoms with Gasteiger partial charge in [-0.05, 0) is 20.8 Å². The number of amides is 1. The van der Waals surface area contributed by atoms with E-state index >= 15 is 0 Å². The van der Waals surface area contributed by atoms with Gasteiger partial charge in [0.15, 0.2) is 11.8 Å². The van der Waals surface area contributed by atoms with Crippen LogP contribution in [0.1, 0.15) is 20.8 Å². The first-order chi connectivity index (χ1) is 8.16. The molecule has 0 aliphatic rings. The van der Waals surface area contributed by atoms with Crippen LogP contribution in [0.3, 0.4) is 0 Å². The van der Waals surface area contributed by atoms with Crippen molar-refractivity contribution in [2.75, 3.05) is 19.8 Å². The third kappa shape index (κ3) is 4.79. The molecule has 0 saturated carbocycles. The summed E-state index contributed by atoms with van der Waals surface area (Å²) in [6, 6.07) is 0. The number of nitrogens with two attached hydrogens (primary N) is 1. The van der Waals surface area contributed by atoms with Gasteiger partial charge in [-0.2, -0.15) is 13.2 Å². The minimum absolute atomic E-state index is 0.191. The van der Waals surface area contributed by atoms with E-state index in [2.05, 4.69) is 5.32 Å². The Hall–Kier alpha value is -0.860. The third-order valence-electron chi connectivity index (χ3n) is 2.19. The molecule has 1 unspecified atom stereocenters. The van der Waals surface area contributed by atoms with Crippen molar-refractivity contribution >= 4 is 5.91 Å². The molecule has 3 N–H and O–H groups in total. The van der Waals surface area contributed by atoms with Crippen LogP contribution in [-0.2, 0) is 14.3 Å². The summed E-state index contributed by atoms with van der Waals surface area (Å²) in [5, 5.41) is 2.07. The maximum absolute atomic E-state index is 12.5. The van der Waals surface area contributed by atoms with Crippen LogP contribution < -0.4 is 11.1 Å². The monoisotopic (exact) mass is 272 g/mol. The van der Waals surface area contributed by atoms with Crippen molar-refractivity contribution in [3.8, 4) is 0 Å². The van der Waals surface area contributed by atoms with Crippen molar-refractivity contribution in [2.45, 2.75) is 38.8 Å². The number of hydrogen-bond acceptors (Lipinski definition) is 4. The largest absolute Gasteiger partial charge is 0.415 e. The Balaban J connectivity index is 4.39. The second kappa shape index (κ2) is 6.91. The van der Waals surface area contributed by atoms with Gasteiger partial charge in [0.1, 0.15) is 0 Å². The lowest BCUT2D eigenvalue weighted by Crippen LogP contribution is -2.62. The van der Waals surface area contributed by atoms with Crippen molar-refractivity contribution in [3.63, 3.8) is 0 Å². The predicted octanol–water partition coefficient (Wildman–Crippen LogP) is 0.781. The van der Waals surface area contributed by atoms with E-state index in [9.17, 15) is 18.0 Å². The van der Waals surface area contributed by atoms with Gasteiger partial charge in [0.25, 0.3) is 0 Å². The SMILES string of the molecule is CCOC(CNC(=O)C(C)(N)C(F)(F)F)OCC. The Morgan fingerprint density at radius 3 is 2.06 bits per heavy atom. The van der Waals surface area contributed by atoms with Crippen molar-refractivity contribution in [1.29, 1.82) is 0 Å². The zero-order chi connectivity index (χ0) is 14.4. The van der Waals surface area contributed by atoms with Gasteiger partial charge >= 0.3 is 6.18 Å². The van der Waals surface area contributed by atoms with Gasteiger partial charge in [0.05, 0.1) is 6.54 Å². The summed E-state index contributed by atoms with van der Waals surface area (Å²) in [6.45, 7) is 4.47. The zero-order valence-electron chi connectivity index (χ0n) is 10.6. The molecule has 0 heterocycles. The van der Waals surface area contributed by atoms with Crippen LogP contribution in [0.15, 0.2) is 0 Å². The lowest BCUT2D eigenvalue weighted by atomic mass is 10.0. The fraction of sp³-hybridized carbons (Fsp3) is 0.900. The minimum atomic E-state index is -4.82. The Bertz CT molecular complexity index is 264. The summed E-state index contributed by atoms with van der Waals surface area (Å²) >= 11 is 0. The molecule has 0 aromatic carbocycles. The lowest BCUT2D eigenvalue weighted by molar-refractivity contribution is -0.189. The van der Waals surface area contributed by atoms with Gasteiger partial charge in [-0.15, -0.1) is 0 Å². The molecule has 1 amide bonds. The predicted molar refractivity (Wildman–Crippen MR) is 58.7 cm³/mol. The van der Waals surface area contributed by atoms with E-state index in [0.29, 0.717) is 20.1 Å². The van der Waals surface area contributed by atoms with Gasteiger partial charge in [0, 0.05) is 13.2 Å². The molecule has 0 aromatic rings. The van der Waals surface area contributed by atoms with E-state index in [0.717, 1.165) is 0 Å². The number of nitrogens with one attached hydrogen (secondary N) is 1. The molecule has 0 rings (SSSR count). The zero-order valence-corrected chi connectivity index (χ0v) is 10.6. The summed E-state index contributed by atoms with van der Waals surface area (Å²) in [5.74, 6) is -1.32. The van der Waals surface area contributed by atoms with Gasteiger partial charge in [0.2, 0.25) is 5.91 Å². The Morgan fingerprint density at radius 2 is 1.72 bits per heavy atom. The molecule has 5 nitrogen and oxygen atoms in total. The lowest BCUT2D eigenvalue weighted by Gasteiger charge is -2.27. The molecule has 108 valence electrons. The van der Waals surface area contributed by atoms with Gasteiger partial charge < -0.3 is 20.5 Å². The Morgan fingerprint density at radius 1 is 1.28 bits per heavy atom. The van der Waals surface area contributed by atoms with E-state index in [1.165, 1.54) is 0 Å². The molecule has 8 heteroatoms. The molecule has 0 bridgehead atoms. The van der Waals surface area contributed by atoms with Crippen molar-refractivity contribution in [1.82, 2.24) is 5.32 Å². The first-order valence-electron chi connectivity index (χ1n) is 5.53. The summed E-state index contributed by atoms with van der Waals surface area (Å²) in [5.41, 5.74) is 2.02. The molecule has 0 spiro atoms. The quantitative estimate of drug-likeness (QED) is 0.672. The van der Waals surface area contributed by atoms with Crippen LogP contribution in [0.5, 0.6) is 0 Å². The number of carbonyl (C=O) groups excluding carboxylic acids is 1. The first kappa shape index (κ1) is 17.1. The smallest absolute Gasteiger partial charge is 0.351 e. The van der Waals surface area contributed by atoms with Crippen LogP contribution in [0.2, 0.25) is 0 Å². The summed E-state index contributed by atoms with van der Waals surface area (Å²) in [7, 11) is 0. The summed E-state index contributed by atoms with van der Waals surface area (Å²) in [4.78, 5) is 11.4. The van der Waals surface area contributed by atoms with Crippen LogP contribution in [0.4, 0.5) is 13.2 Å². The third-order valence-corrected chi connectivity index (χ3v) is 2.19. The van der Waals surface area contributed by atoms with Gasteiger partial charge in [-0.3, -0.25) is 4.79 Å². The van der Waals surface area contributed by atoms with E-state index in [1.54, 1.807) is 13.8 Å². The number of alkyl halides is 3. The molecule has 0 aliphatic heterocycles. The van der Waals surface area contributed by atoms with E-state index in [-0.39, 0.29) is 6.54 Å². The van der Waals surface area contributed by atoms with E-state index < -0.39 is 23.9 Å². The number of halogens is 3. The summed E-state index contributed by atoms with van der Waals surface area (Å²) in [6.07, 6.45) is -5.60. The van der Waals surface area contributed by atoms with Crippen LogP contribution in [0, 0.1) is 0 Å². The highest BCUT2D eigenvalue weighted by Gasteiger charge is 2.53. The molecule has 0 aromatic heterocycles. The van der Waals surface area contributed by atoms with Crippen LogP contribution >= 0.6 is 0 Å². The fourth-order valence-electron chi connectivity index (χ4n) is 1.03. The number of hydrogen-bond donors (Lipinski definition) is 2. The molecular weight excluding hydrogens is 253 g/mol. The average Bonchev–Trinajstić information content (AvgIpc) is 2.24. The van der Waals surface area contributed by atoms with Crippen LogP contribution in [0.25, 0.3) is 0 Å². The molecule has 18 heavy (non-hydrogen) atoms. The second-order valence-corrected chi connectivity index (χ2v) is 3.75. The fourth-order valence-corrected chi connectivity index (χ4v) is 1.03. The molecule has 1 atom stereocenters. The molecular formula is C10H19F3N2O3. The normalized spacial score (nSPS) is 15.6. The minimum Gasteiger partial charge on any atom is -0.351 e. The maximum Gasteiger partial charge on any atom is 0.415 e. The molecule has 0 aliphatic carbocycles. The maximum atomic E-state index is 12.5. The first-order valence-corrected chi connectivity index (χ1v) is 5.53. The van der Waals surface area contributed by atoms with E-state index in [1.807, 2.05) is 0 Å². The topological polar surface area (TPSA) is 73.6 Å². The standard InChI is InChI=1S/C10H19F3N2O3/c1-4-17-7(18-5-2)6-15-8(16)9(3,14)10(11,12)13/h7H,4-6,14H2,1-3H3,(H,15,16). The number of carbonyl (C=O) groups is 1. The highest BCUT2D eigenvalue weighted by Crippen LogP contribution is 2.27. The Kier molecular flexibility index (Phi) is 6.58. The average molecular weight is 272 g/mol. The molecule has 0 fully saturated rings. The van der Waals surface area contributed by atoms with Crippen molar-refractivity contribution in [2.24, 2.45) is 5.73 Å². The van der Waals surface area contributed by atoms with Crippen LogP contribution in [-0.4, -0.2) is 43.7 Å². The Labute approximate surface area is 104 Å². The van der Waals surface area contributed by atoms with Crippen molar-refractivity contribution < 1.29 is 27.4 Å². The second-order valence-electron chi connectivity index (χ2n) is 3.75. The molecule has 0 saturated heterocycles. The van der Waals surface area contributed by atoms with E-state index in [4.69, 9.17) is 15.2 Å². The highest BCUT2D eigenvalue weighted by atomic mass is 19.4. The van der Waals surface area contributed by atoms with Gasteiger partial charge in [-0.1, -0.05) is 0 Å². The number of rotatable bonds is 7.